The van der Waals surface area contributed by atoms with Crippen LogP contribution in [0.15, 0.2) is 18.2 Å². The number of rotatable bonds is 2. The molecule has 2 fully saturated rings. The van der Waals surface area contributed by atoms with Crippen molar-refractivity contribution in [3.05, 3.63) is 34.9 Å². The molecule has 0 amide bonds. The van der Waals surface area contributed by atoms with Crippen LogP contribution in [0.4, 0.5) is 0 Å². The van der Waals surface area contributed by atoms with Crippen LogP contribution in [0, 0.1) is 5.92 Å². The summed E-state index contributed by atoms with van der Waals surface area (Å²) in [6.45, 7) is 3.22. The molecule has 0 radical (unpaired) electrons. The summed E-state index contributed by atoms with van der Waals surface area (Å²) < 4.78 is 0. The van der Waals surface area contributed by atoms with Crippen molar-refractivity contribution in [3.8, 4) is 0 Å². The second kappa shape index (κ2) is 5.40. The van der Waals surface area contributed by atoms with Gasteiger partial charge in [0.1, 0.15) is 0 Å². The van der Waals surface area contributed by atoms with E-state index in [-0.39, 0.29) is 5.60 Å². The fourth-order valence-corrected chi connectivity index (χ4v) is 4.77. The van der Waals surface area contributed by atoms with Gasteiger partial charge in [-0.2, -0.15) is 0 Å². The minimum absolute atomic E-state index is 0.341. The standard InChI is InChI=1S/C19H27NO/c21-19-9-2-1-6-18(19)14-20(11-10-19)13-15-7-8-16-4-3-5-17(16)12-15/h7-8,12,18,21H,1-6,9-11,13-14H2. The molecule has 0 spiro atoms. The Hall–Kier alpha value is -0.860. The minimum Gasteiger partial charge on any atom is -0.390 e. The van der Waals surface area contributed by atoms with E-state index in [1.54, 1.807) is 11.1 Å². The number of aliphatic hydroxyl groups is 1. The number of hydrogen-bond acceptors (Lipinski definition) is 2. The lowest BCUT2D eigenvalue weighted by Gasteiger charge is -2.47. The molecule has 1 aliphatic heterocycles. The molecule has 0 aromatic heterocycles. The lowest BCUT2D eigenvalue weighted by molar-refractivity contribution is -0.0967. The molecule has 1 N–H and O–H groups in total. The monoisotopic (exact) mass is 285 g/mol. The van der Waals surface area contributed by atoms with E-state index in [2.05, 4.69) is 23.1 Å². The molecule has 0 bridgehead atoms. The summed E-state index contributed by atoms with van der Waals surface area (Å²) in [6, 6.07) is 7.11. The number of fused-ring (bicyclic) bond motifs is 2. The Kier molecular flexibility index (Phi) is 3.55. The molecule has 1 saturated carbocycles. The van der Waals surface area contributed by atoms with Crippen LogP contribution in [-0.4, -0.2) is 28.7 Å². The normalized spacial score (nSPS) is 32.7. The molecule has 1 aromatic rings. The lowest BCUT2D eigenvalue weighted by atomic mass is 9.71. The maximum atomic E-state index is 10.8. The second-order valence-electron chi connectivity index (χ2n) is 7.49. The van der Waals surface area contributed by atoms with Crippen molar-refractivity contribution in [2.75, 3.05) is 13.1 Å². The van der Waals surface area contributed by atoms with Gasteiger partial charge in [0.25, 0.3) is 0 Å². The Labute approximate surface area is 128 Å². The largest absolute Gasteiger partial charge is 0.390 e. The van der Waals surface area contributed by atoms with Gasteiger partial charge in [-0.15, -0.1) is 0 Å². The maximum absolute atomic E-state index is 10.8. The number of hydrogen-bond donors (Lipinski definition) is 1. The third-order valence-corrected chi connectivity index (χ3v) is 6.08. The van der Waals surface area contributed by atoms with E-state index in [4.69, 9.17) is 0 Å². The number of piperidine rings is 1. The Bertz CT molecular complexity index is 526. The molecule has 1 aromatic carbocycles. The van der Waals surface area contributed by atoms with Crippen molar-refractivity contribution in [1.82, 2.24) is 4.90 Å². The molecule has 21 heavy (non-hydrogen) atoms. The first-order valence-electron chi connectivity index (χ1n) is 8.78. The van der Waals surface area contributed by atoms with Crippen molar-refractivity contribution in [3.63, 3.8) is 0 Å². The first-order chi connectivity index (χ1) is 10.2. The van der Waals surface area contributed by atoms with Crippen molar-refractivity contribution < 1.29 is 5.11 Å². The van der Waals surface area contributed by atoms with E-state index in [1.165, 1.54) is 44.1 Å². The van der Waals surface area contributed by atoms with E-state index in [0.29, 0.717) is 5.92 Å². The molecule has 1 saturated heterocycles. The summed E-state index contributed by atoms with van der Waals surface area (Å²) in [5.74, 6) is 0.509. The molecule has 2 unspecified atom stereocenters. The van der Waals surface area contributed by atoms with Gasteiger partial charge in [-0.25, -0.2) is 0 Å². The number of aryl methyl sites for hydroxylation is 2. The molecule has 2 heteroatoms. The first-order valence-corrected chi connectivity index (χ1v) is 8.78. The summed E-state index contributed by atoms with van der Waals surface area (Å²) >= 11 is 0. The van der Waals surface area contributed by atoms with Crippen LogP contribution in [0.25, 0.3) is 0 Å². The molecule has 2 atom stereocenters. The van der Waals surface area contributed by atoms with Crippen LogP contribution in [0.3, 0.4) is 0 Å². The van der Waals surface area contributed by atoms with Crippen LogP contribution in [-0.2, 0) is 19.4 Å². The third-order valence-electron chi connectivity index (χ3n) is 6.08. The van der Waals surface area contributed by atoms with E-state index < -0.39 is 0 Å². The zero-order chi connectivity index (χ0) is 14.3. The van der Waals surface area contributed by atoms with Gasteiger partial charge in [0, 0.05) is 25.6 Å². The first kappa shape index (κ1) is 13.8. The zero-order valence-corrected chi connectivity index (χ0v) is 13.0. The van der Waals surface area contributed by atoms with Crippen LogP contribution in [0.1, 0.15) is 55.2 Å². The van der Waals surface area contributed by atoms with Crippen LogP contribution in [0.5, 0.6) is 0 Å². The zero-order valence-electron chi connectivity index (χ0n) is 13.0. The topological polar surface area (TPSA) is 23.5 Å². The molecule has 114 valence electrons. The van der Waals surface area contributed by atoms with Gasteiger partial charge in [0.2, 0.25) is 0 Å². The highest BCUT2D eigenvalue weighted by molar-refractivity contribution is 5.35. The molecular formula is C19H27NO. The van der Waals surface area contributed by atoms with Crippen molar-refractivity contribution in [1.29, 1.82) is 0 Å². The fourth-order valence-electron chi connectivity index (χ4n) is 4.77. The highest BCUT2D eigenvalue weighted by Gasteiger charge is 2.42. The molecule has 4 rings (SSSR count). The van der Waals surface area contributed by atoms with Gasteiger partial charge in [-0.1, -0.05) is 31.0 Å². The van der Waals surface area contributed by atoms with E-state index in [0.717, 1.165) is 32.5 Å². The molecule has 1 heterocycles. The average Bonchev–Trinajstić information content (AvgIpc) is 2.95. The van der Waals surface area contributed by atoms with Gasteiger partial charge in [0.15, 0.2) is 0 Å². The van der Waals surface area contributed by atoms with Gasteiger partial charge in [-0.3, -0.25) is 4.90 Å². The van der Waals surface area contributed by atoms with Crippen LogP contribution >= 0.6 is 0 Å². The summed E-state index contributed by atoms with van der Waals surface area (Å²) in [5, 5.41) is 10.8. The Morgan fingerprint density at radius 2 is 2.00 bits per heavy atom. The summed E-state index contributed by atoms with van der Waals surface area (Å²) in [4.78, 5) is 2.57. The average molecular weight is 285 g/mol. The van der Waals surface area contributed by atoms with E-state index in [1.807, 2.05) is 0 Å². The van der Waals surface area contributed by atoms with Gasteiger partial charge < -0.3 is 5.11 Å². The van der Waals surface area contributed by atoms with Gasteiger partial charge in [0.05, 0.1) is 5.60 Å². The highest BCUT2D eigenvalue weighted by atomic mass is 16.3. The SMILES string of the molecule is OC12CCCCC1CN(Cc1ccc3c(c1)CCC3)CC2. The van der Waals surface area contributed by atoms with E-state index in [9.17, 15) is 5.11 Å². The minimum atomic E-state index is -0.341. The Morgan fingerprint density at radius 1 is 1.10 bits per heavy atom. The molecular weight excluding hydrogens is 258 g/mol. The molecule has 2 aliphatic carbocycles. The van der Waals surface area contributed by atoms with Crippen LogP contribution < -0.4 is 0 Å². The van der Waals surface area contributed by atoms with Crippen molar-refractivity contribution in [2.24, 2.45) is 5.92 Å². The fraction of sp³-hybridized carbons (Fsp3) is 0.684. The quantitative estimate of drug-likeness (QED) is 0.901. The smallest absolute Gasteiger partial charge is 0.0700 e. The van der Waals surface area contributed by atoms with Crippen LogP contribution in [0.2, 0.25) is 0 Å². The Balaban J connectivity index is 1.44. The van der Waals surface area contributed by atoms with Gasteiger partial charge in [-0.05, 0) is 55.2 Å². The van der Waals surface area contributed by atoms with Gasteiger partial charge >= 0.3 is 0 Å². The Morgan fingerprint density at radius 3 is 2.95 bits per heavy atom. The van der Waals surface area contributed by atoms with Crippen molar-refractivity contribution >= 4 is 0 Å². The third kappa shape index (κ3) is 2.64. The van der Waals surface area contributed by atoms with Crippen molar-refractivity contribution in [2.45, 2.75) is 63.5 Å². The summed E-state index contributed by atoms with van der Waals surface area (Å²) in [6.07, 6.45) is 9.62. The maximum Gasteiger partial charge on any atom is 0.0700 e. The summed E-state index contributed by atoms with van der Waals surface area (Å²) in [7, 11) is 0. The molecule has 2 nitrogen and oxygen atoms in total. The summed E-state index contributed by atoms with van der Waals surface area (Å²) in [5.41, 5.74) is 4.28. The predicted octanol–water partition coefficient (Wildman–Crippen LogP) is 3.30. The highest BCUT2D eigenvalue weighted by Crippen LogP contribution is 2.40. The number of benzene rings is 1. The number of nitrogens with zero attached hydrogens (tertiary/aromatic N) is 1. The second-order valence-corrected chi connectivity index (χ2v) is 7.49. The number of likely N-dealkylation sites (tertiary alicyclic amines) is 1. The molecule has 3 aliphatic rings. The lowest BCUT2D eigenvalue weighted by Crippen LogP contribution is -2.52. The van der Waals surface area contributed by atoms with E-state index >= 15 is 0 Å². The predicted molar refractivity (Wildman–Crippen MR) is 85.3 cm³/mol.